The van der Waals surface area contributed by atoms with Crippen molar-refractivity contribution in [3.63, 3.8) is 0 Å². The van der Waals surface area contributed by atoms with Crippen molar-refractivity contribution in [3.8, 4) is 11.6 Å². The van der Waals surface area contributed by atoms with E-state index in [-0.39, 0.29) is 24.8 Å². The van der Waals surface area contributed by atoms with Gasteiger partial charge in [-0.05, 0) is 29.6 Å². The van der Waals surface area contributed by atoms with Gasteiger partial charge in [0.25, 0.3) is 5.91 Å². The van der Waals surface area contributed by atoms with E-state index in [2.05, 4.69) is 15.3 Å². The van der Waals surface area contributed by atoms with Gasteiger partial charge >= 0.3 is 7.12 Å². The maximum absolute atomic E-state index is 12.1. The van der Waals surface area contributed by atoms with Gasteiger partial charge in [-0.15, -0.1) is 0 Å². The van der Waals surface area contributed by atoms with Crippen molar-refractivity contribution in [2.75, 3.05) is 20.3 Å². The van der Waals surface area contributed by atoms with Crippen LogP contribution in [0.5, 0.6) is 11.6 Å². The van der Waals surface area contributed by atoms with Gasteiger partial charge in [0.2, 0.25) is 5.88 Å². The number of nitrogens with zero attached hydrogens (tertiary/aromatic N) is 2. The van der Waals surface area contributed by atoms with Crippen molar-refractivity contribution >= 4 is 18.5 Å². The Hall–Kier alpha value is -2.53. The molecule has 1 amide bonds. The number of aliphatic hydroxyl groups is 1. The topological polar surface area (TPSA) is 123 Å². The van der Waals surface area contributed by atoms with Crippen molar-refractivity contribution in [1.82, 2.24) is 15.3 Å². The Morgan fingerprint density at radius 2 is 2.22 bits per heavy atom. The zero-order chi connectivity index (χ0) is 19.4. The molecule has 0 saturated carbocycles. The van der Waals surface area contributed by atoms with E-state index >= 15 is 0 Å². The number of aromatic nitrogens is 2. The third-order valence-electron chi connectivity index (χ3n) is 4.20. The number of carbonyl (C=O) groups is 1. The average molecular weight is 373 g/mol. The molecule has 1 aliphatic heterocycles. The van der Waals surface area contributed by atoms with E-state index in [1.165, 1.54) is 19.5 Å². The first-order valence-electron chi connectivity index (χ1n) is 8.36. The van der Waals surface area contributed by atoms with Gasteiger partial charge in [-0.1, -0.05) is 6.07 Å². The molecule has 0 aliphatic carbocycles. The van der Waals surface area contributed by atoms with Gasteiger partial charge in [-0.3, -0.25) is 4.79 Å². The van der Waals surface area contributed by atoms with E-state index in [1.807, 2.05) is 13.0 Å². The second-order valence-electron chi connectivity index (χ2n) is 6.08. The van der Waals surface area contributed by atoms with Gasteiger partial charge in [-0.25, -0.2) is 9.97 Å². The third kappa shape index (κ3) is 4.25. The predicted molar refractivity (Wildman–Crippen MR) is 95.9 cm³/mol. The summed E-state index contributed by atoms with van der Waals surface area (Å²) < 4.78 is 15.8. The van der Waals surface area contributed by atoms with E-state index in [0.717, 1.165) is 11.1 Å². The lowest BCUT2D eigenvalue weighted by molar-refractivity contribution is 0.0834. The number of amides is 1. The minimum atomic E-state index is -0.965. The summed E-state index contributed by atoms with van der Waals surface area (Å²) in [6, 6.07) is 3.07. The fraction of sp³-hybridized carbons (Fsp3) is 0.353. The number of benzene rings is 1. The second kappa shape index (κ2) is 8.44. The van der Waals surface area contributed by atoms with E-state index in [9.17, 15) is 14.9 Å². The summed E-state index contributed by atoms with van der Waals surface area (Å²) in [5.74, 6) is 0.253. The number of nitrogens with one attached hydrogen (secondary N) is 1. The smallest absolute Gasteiger partial charge is 0.437 e. The zero-order valence-corrected chi connectivity index (χ0v) is 15.0. The van der Waals surface area contributed by atoms with Gasteiger partial charge in [0.15, 0.2) is 0 Å². The highest BCUT2D eigenvalue weighted by atomic mass is 16.5. The molecule has 1 aromatic heterocycles. The molecule has 27 heavy (non-hydrogen) atoms. The van der Waals surface area contributed by atoms with Crippen LogP contribution in [0.2, 0.25) is 0 Å². The van der Waals surface area contributed by atoms with Crippen molar-refractivity contribution in [3.05, 3.63) is 41.3 Å². The molecule has 0 fully saturated rings. The fourth-order valence-electron chi connectivity index (χ4n) is 2.80. The second-order valence-corrected chi connectivity index (χ2v) is 6.08. The molecule has 0 saturated heterocycles. The van der Waals surface area contributed by atoms with Crippen molar-refractivity contribution in [2.24, 2.45) is 0 Å². The maximum atomic E-state index is 12.1. The number of rotatable bonds is 7. The number of carbonyl (C=O) groups excluding carboxylic acids is 1. The van der Waals surface area contributed by atoms with E-state index in [4.69, 9.17) is 14.1 Å². The molecule has 1 aliphatic rings. The van der Waals surface area contributed by atoms with Crippen LogP contribution in [0, 0.1) is 6.92 Å². The summed E-state index contributed by atoms with van der Waals surface area (Å²) in [4.78, 5) is 20.3. The van der Waals surface area contributed by atoms with Crippen LogP contribution in [-0.2, 0) is 16.0 Å². The molecule has 0 spiro atoms. The molecule has 9 nitrogen and oxygen atoms in total. The molecule has 0 unspecified atom stereocenters. The zero-order valence-electron chi connectivity index (χ0n) is 15.0. The van der Waals surface area contributed by atoms with Crippen molar-refractivity contribution in [2.45, 2.75) is 19.6 Å². The molecule has 0 radical (unpaired) electrons. The monoisotopic (exact) mass is 373 g/mol. The van der Waals surface area contributed by atoms with Crippen molar-refractivity contribution in [1.29, 1.82) is 0 Å². The van der Waals surface area contributed by atoms with Crippen LogP contribution in [0.4, 0.5) is 0 Å². The summed E-state index contributed by atoms with van der Waals surface area (Å²) in [5.41, 5.74) is 2.46. The van der Waals surface area contributed by atoms with Gasteiger partial charge in [0.05, 0.1) is 38.3 Å². The summed E-state index contributed by atoms with van der Waals surface area (Å²) in [6.45, 7) is 2.12. The van der Waals surface area contributed by atoms with Gasteiger partial charge in [0.1, 0.15) is 11.4 Å². The Morgan fingerprint density at radius 1 is 1.41 bits per heavy atom. The fourth-order valence-corrected chi connectivity index (χ4v) is 2.80. The molecule has 142 valence electrons. The van der Waals surface area contributed by atoms with Crippen LogP contribution in [0.15, 0.2) is 24.5 Å². The number of hydrogen-bond acceptors (Lipinski definition) is 8. The number of ether oxygens (including phenoxy) is 2. The molecular formula is C17H20BN3O6. The molecule has 3 rings (SSSR count). The molecule has 2 aromatic rings. The van der Waals surface area contributed by atoms with Crippen LogP contribution >= 0.6 is 0 Å². The first-order valence-corrected chi connectivity index (χ1v) is 8.36. The van der Waals surface area contributed by atoms with Crippen LogP contribution in [0.3, 0.4) is 0 Å². The average Bonchev–Trinajstić information content (AvgIpc) is 3.05. The highest BCUT2D eigenvalue weighted by Crippen LogP contribution is 2.25. The Morgan fingerprint density at radius 3 is 2.89 bits per heavy atom. The van der Waals surface area contributed by atoms with Crippen LogP contribution in [-0.4, -0.2) is 59.5 Å². The number of hydrogen-bond donors (Lipinski definition) is 3. The highest BCUT2D eigenvalue weighted by Gasteiger charge is 2.30. The molecule has 3 N–H and O–H groups in total. The van der Waals surface area contributed by atoms with Gasteiger partial charge in [-0.2, -0.15) is 0 Å². The summed E-state index contributed by atoms with van der Waals surface area (Å²) in [7, 11) is 0.514. The molecule has 1 aromatic carbocycles. The maximum Gasteiger partial charge on any atom is 0.492 e. The Balaban J connectivity index is 1.70. The van der Waals surface area contributed by atoms with Crippen molar-refractivity contribution < 1.29 is 29.1 Å². The lowest BCUT2D eigenvalue weighted by Crippen LogP contribution is -2.40. The largest absolute Gasteiger partial charge is 0.492 e. The number of fused-ring (bicyclic) bond motifs is 1. The van der Waals surface area contributed by atoms with Crippen LogP contribution < -0.4 is 15.5 Å². The first kappa shape index (κ1) is 19.2. The molecular weight excluding hydrogens is 353 g/mol. The summed E-state index contributed by atoms with van der Waals surface area (Å²) >= 11 is 0. The third-order valence-corrected chi connectivity index (χ3v) is 4.20. The minimum Gasteiger partial charge on any atom is -0.437 e. The quantitative estimate of drug-likeness (QED) is 0.557. The first-order chi connectivity index (χ1) is 13.0. The normalized spacial score (nSPS) is 14.0. The summed E-state index contributed by atoms with van der Waals surface area (Å²) in [5, 5.41) is 21.7. The highest BCUT2D eigenvalue weighted by molar-refractivity contribution is 6.62. The molecule has 0 bridgehead atoms. The number of methoxy groups -OCH3 is 1. The van der Waals surface area contributed by atoms with Crippen LogP contribution in [0.1, 0.15) is 21.6 Å². The van der Waals surface area contributed by atoms with Gasteiger partial charge in [0, 0.05) is 7.11 Å². The summed E-state index contributed by atoms with van der Waals surface area (Å²) in [6.07, 6.45) is 2.62. The van der Waals surface area contributed by atoms with E-state index in [0.29, 0.717) is 17.8 Å². The predicted octanol–water partition coefficient (Wildman–Crippen LogP) is -0.468. The standard InChI is InChI=1S/C17H20BN3O6/c1-10-14(4-3-11-8-26-18(24)16(10)11)27-15-6-19-13(5-20-15)17(23)21-12(7-22)9-25-2/h3-6,12,22,24H,7-9H2,1-2H3,(H,21,23)/t12-/m0/s1. The molecule has 1 atom stereocenters. The molecule has 2 heterocycles. The minimum absolute atomic E-state index is 0.0893. The Kier molecular flexibility index (Phi) is 6.02. The molecule has 10 heteroatoms. The SMILES string of the molecule is COC[C@H](CO)NC(=O)c1cnc(Oc2ccc3c(c2C)B(O)OC3)cn1. The Labute approximate surface area is 156 Å². The van der Waals surface area contributed by atoms with E-state index < -0.39 is 19.1 Å². The lowest BCUT2D eigenvalue weighted by Gasteiger charge is -2.15. The lowest BCUT2D eigenvalue weighted by atomic mass is 9.76. The van der Waals surface area contributed by atoms with E-state index in [1.54, 1.807) is 6.07 Å². The van der Waals surface area contributed by atoms with Crippen LogP contribution in [0.25, 0.3) is 0 Å². The Bertz CT molecular complexity index is 817. The van der Waals surface area contributed by atoms with Gasteiger partial charge < -0.3 is 29.6 Å². The number of aliphatic hydroxyl groups excluding tert-OH is 1.